The van der Waals surface area contributed by atoms with Crippen LogP contribution in [0, 0.1) is 17.3 Å². The van der Waals surface area contributed by atoms with Crippen molar-refractivity contribution in [2.75, 3.05) is 0 Å². The third kappa shape index (κ3) is 1.01. The highest BCUT2D eigenvalue weighted by molar-refractivity contribution is 5.83. The fourth-order valence-corrected chi connectivity index (χ4v) is 2.73. The van der Waals surface area contributed by atoms with Crippen LogP contribution in [0.4, 0.5) is 0 Å². The average molecular weight is 168 g/mol. The number of aliphatic hydroxyl groups excluding tert-OH is 1. The SMILES string of the molecule is CC1(C)CC2C(=O)CC1CC2O. The zero-order chi connectivity index (χ0) is 8.93. The Balaban J connectivity index is 2.26. The summed E-state index contributed by atoms with van der Waals surface area (Å²) in [6.07, 6.45) is 2.08. The van der Waals surface area contributed by atoms with Crippen molar-refractivity contribution in [1.82, 2.24) is 0 Å². The molecule has 0 saturated heterocycles. The molecule has 0 radical (unpaired) electrons. The van der Waals surface area contributed by atoms with Crippen LogP contribution in [0.2, 0.25) is 0 Å². The lowest BCUT2D eigenvalue weighted by atomic mass is 9.56. The highest BCUT2D eigenvalue weighted by Crippen LogP contribution is 2.50. The first kappa shape index (κ1) is 8.24. The molecule has 2 heteroatoms. The number of carbonyl (C=O) groups is 1. The molecule has 3 unspecified atom stereocenters. The van der Waals surface area contributed by atoms with Crippen LogP contribution >= 0.6 is 0 Å². The Morgan fingerprint density at radius 3 is 2.58 bits per heavy atom. The summed E-state index contributed by atoms with van der Waals surface area (Å²) < 4.78 is 0. The summed E-state index contributed by atoms with van der Waals surface area (Å²) in [5.41, 5.74) is 0.276. The number of hydrogen-bond acceptors (Lipinski definition) is 2. The van der Waals surface area contributed by atoms with Gasteiger partial charge in [0.1, 0.15) is 5.78 Å². The van der Waals surface area contributed by atoms with E-state index in [1.54, 1.807) is 0 Å². The molecule has 0 spiro atoms. The van der Waals surface area contributed by atoms with Crippen LogP contribution in [0.15, 0.2) is 0 Å². The summed E-state index contributed by atoms with van der Waals surface area (Å²) in [5.74, 6) is 0.660. The second-order valence-corrected chi connectivity index (χ2v) is 4.97. The summed E-state index contributed by atoms with van der Waals surface area (Å²) in [7, 11) is 0. The number of hydrogen-bond donors (Lipinski definition) is 1. The average Bonchev–Trinajstić information content (AvgIpc) is 1.93. The van der Waals surface area contributed by atoms with Gasteiger partial charge in [0.2, 0.25) is 0 Å². The van der Waals surface area contributed by atoms with E-state index in [9.17, 15) is 9.90 Å². The molecule has 0 aliphatic heterocycles. The van der Waals surface area contributed by atoms with Crippen LogP contribution in [-0.2, 0) is 4.79 Å². The Labute approximate surface area is 73.0 Å². The van der Waals surface area contributed by atoms with Gasteiger partial charge in [-0.15, -0.1) is 0 Å². The molecule has 0 aromatic carbocycles. The van der Waals surface area contributed by atoms with Crippen LogP contribution in [-0.4, -0.2) is 17.0 Å². The van der Waals surface area contributed by atoms with Gasteiger partial charge in [0, 0.05) is 12.3 Å². The van der Waals surface area contributed by atoms with Gasteiger partial charge in [0.15, 0.2) is 0 Å². The summed E-state index contributed by atoms with van der Waals surface area (Å²) in [6.45, 7) is 4.42. The first-order chi connectivity index (χ1) is 5.50. The van der Waals surface area contributed by atoms with Gasteiger partial charge in [0.05, 0.1) is 6.10 Å². The number of Topliss-reactive ketones (excluding diaryl/α,β-unsaturated/α-hetero) is 1. The Hall–Kier alpha value is -0.370. The molecule has 0 aromatic rings. The molecule has 68 valence electrons. The molecule has 0 aromatic heterocycles. The quantitative estimate of drug-likeness (QED) is 0.593. The molecule has 0 heterocycles. The Bertz CT molecular complexity index is 220. The van der Waals surface area contributed by atoms with E-state index in [1.165, 1.54) is 0 Å². The van der Waals surface area contributed by atoms with Crippen molar-refractivity contribution in [2.45, 2.75) is 39.2 Å². The van der Waals surface area contributed by atoms with Crippen LogP contribution in [0.1, 0.15) is 33.1 Å². The van der Waals surface area contributed by atoms with Gasteiger partial charge in [-0.05, 0) is 24.2 Å². The van der Waals surface area contributed by atoms with E-state index >= 15 is 0 Å². The van der Waals surface area contributed by atoms with Crippen LogP contribution < -0.4 is 0 Å². The number of carbonyl (C=O) groups excluding carboxylic acids is 1. The Morgan fingerprint density at radius 2 is 2.17 bits per heavy atom. The molecule has 3 atom stereocenters. The third-order valence-corrected chi connectivity index (χ3v) is 3.70. The fourth-order valence-electron chi connectivity index (χ4n) is 2.73. The molecule has 0 amide bonds. The van der Waals surface area contributed by atoms with Crippen molar-refractivity contribution >= 4 is 5.78 Å². The largest absolute Gasteiger partial charge is 0.392 e. The molecule has 3 fully saturated rings. The topological polar surface area (TPSA) is 37.3 Å². The minimum atomic E-state index is -0.343. The Morgan fingerprint density at radius 1 is 1.50 bits per heavy atom. The van der Waals surface area contributed by atoms with Crippen molar-refractivity contribution in [3.05, 3.63) is 0 Å². The smallest absolute Gasteiger partial charge is 0.138 e. The second-order valence-electron chi connectivity index (χ2n) is 4.97. The van der Waals surface area contributed by atoms with Gasteiger partial charge >= 0.3 is 0 Å². The fraction of sp³-hybridized carbons (Fsp3) is 0.900. The van der Waals surface area contributed by atoms with Crippen molar-refractivity contribution in [3.8, 4) is 0 Å². The van der Waals surface area contributed by atoms with Crippen LogP contribution in [0.3, 0.4) is 0 Å². The van der Waals surface area contributed by atoms with E-state index in [0.717, 1.165) is 12.8 Å². The van der Waals surface area contributed by atoms with E-state index < -0.39 is 0 Å². The van der Waals surface area contributed by atoms with Gasteiger partial charge in [-0.3, -0.25) is 4.79 Å². The van der Waals surface area contributed by atoms with E-state index in [1.807, 2.05) is 0 Å². The van der Waals surface area contributed by atoms with Crippen LogP contribution in [0.5, 0.6) is 0 Å². The molecule has 12 heavy (non-hydrogen) atoms. The predicted molar refractivity (Wildman–Crippen MR) is 45.6 cm³/mol. The minimum absolute atomic E-state index is 0.0509. The molecule has 1 N–H and O–H groups in total. The number of ketones is 1. The maximum absolute atomic E-state index is 11.4. The van der Waals surface area contributed by atoms with E-state index in [2.05, 4.69) is 13.8 Å². The van der Waals surface area contributed by atoms with Crippen molar-refractivity contribution in [3.63, 3.8) is 0 Å². The van der Waals surface area contributed by atoms with Crippen molar-refractivity contribution in [2.24, 2.45) is 17.3 Å². The lowest BCUT2D eigenvalue weighted by molar-refractivity contribution is -0.145. The summed E-state index contributed by atoms with van der Waals surface area (Å²) in [5, 5.41) is 9.58. The second kappa shape index (κ2) is 2.32. The predicted octanol–water partition coefficient (Wildman–Crippen LogP) is 1.37. The minimum Gasteiger partial charge on any atom is -0.392 e. The molecular weight excluding hydrogens is 152 g/mol. The van der Waals surface area contributed by atoms with Gasteiger partial charge < -0.3 is 5.11 Å². The number of fused-ring (bicyclic) bond motifs is 3. The van der Waals surface area contributed by atoms with E-state index in [0.29, 0.717) is 12.3 Å². The Kier molecular flexibility index (Phi) is 1.59. The van der Waals surface area contributed by atoms with Crippen molar-refractivity contribution < 1.29 is 9.90 Å². The zero-order valence-electron chi connectivity index (χ0n) is 7.71. The molecule has 2 bridgehead atoms. The first-order valence-electron chi connectivity index (χ1n) is 4.71. The normalized spacial score (nSPS) is 44.9. The molecule has 3 rings (SSSR count). The highest BCUT2D eigenvalue weighted by atomic mass is 16.3. The summed E-state index contributed by atoms with van der Waals surface area (Å²) in [6, 6.07) is 0. The monoisotopic (exact) mass is 168 g/mol. The summed E-state index contributed by atoms with van der Waals surface area (Å²) in [4.78, 5) is 11.4. The maximum atomic E-state index is 11.4. The lowest BCUT2D eigenvalue weighted by Crippen LogP contribution is -2.50. The number of rotatable bonds is 0. The maximum Gasteiger partial charge on any atom is 0.138 e. The molecule has 3 aliphatic carbocycles. The molecule has 3 aliphatic rings. The number of aliphatic hydroxyl groups is 1. The van der Waals surface area contributed by atoms with Crippen molar-refractivity contribution in [1.29, 1.82) is 0 Å². The molecule has 2 nitrogen and oxygen atoms in total. The first-order valence-corrected chi connectivity index (χ1v) is 4.71. The third-order valence-electron chi connectivity index (χ3n) is 3.70. The van der Waals surface area contributed by atoms with Gasteiger partial charge in [-0.25, -0.2) is 0 Å². The molecule has 3 saturated carbocycles. The standard InChI is InChI=1S/C10H16O2/c1-10(2)5-7-8(11)3-6(10)4-9(7)12/h6-8,11H,3-5H2,1-2H3. The van der Waals surface area contributed by atoms with Gasteiger partial charge in [-0.2, -0.15) is 0 Å². The summed E-state index contributed by atoms with van der Waals surface area (Å²) >= 11 is 0. The zero-order valence-corrected chi connectivity index (χ0v) is 7.71. The van der Waals surface area contributed by atoms with E-state index in [-0.39, 0.29) is 23.2 Å². The highest BCUT2D eigenvalue weighted by Gasteiger charge is 2.49. The van der Waals surface area contributed by atoms with E-state index in [4.69, 9.17) is 0 Å². The van der Waals surface area contributed by atoms with Gasteiger partial charge in [-0.1, -0.05) is 13.8 Å². The lowest BCUT2D eigenvalue weighted by Gasteiger charge is -2.49. The van der Waals surface area contributed by atoms with Gasteiger partial charge in [0.25, 0.3) is 0 Å². The van der Waals surface area contributed by atoms with Crippen LogP contribution in [0.25, 0.3) is 0 Å². The molecular formula is C10H16O2.